The van der Waals surface area contributed by atoms with E-state index in [4.69, 9.17) is 9.47 Å². The average molecular weight is 238 g/mol. The number of hydrogen-bond donors (Lipinski definition) is 0. The molecule has 2 rings (SSSR count). The molecule has 92 valence electrons. The second kappa shape index (κ2) is 4.73. The Labute approximate surface area is 99.5 Å². The first-order chi connectivity index (χ1) is 8.19. The Hall–Kier alpha value is -1.58. The molecule has 17 heavy (non-hydrogen) atoms. The van der Waals surface area contributed by atoms with Gasteiger partial charge in [-0.15, -0.1) is 0 Å². The molecule has 0 spiro atoms. The van der Waals surface area contributed by atoms with Crippen LogP contribution in [-0.2, 0) is 6.42 Å². The van der Waals surface area contributed by atoms with Gasteiger partial charge in [0.15, 0.2) is 17.3 Å². The number of ether oxygens (including phenoxy) is 2. The molecule has 0 atom stereocenters. The summed E-state index contributed by atoms with van der Waals surface area (Å²) in [6, 6.07) is 1.29. The van der Waals surface area contributed by atoms with E-state index in [1.807, 2.05) is 0 Å². The van der Waals surface area contributed by atoms with E-state index in [1.54, 1.807) is 0 Å². The molecule has 1 aliphatic carbocycles. The number of fused-ring (bicyclic) bond motifs is 1. The van der Waals surface area contributed by atoms with Crippen molar-refractivity contribution in [1.82, 2.24) is 0 Å². The summed E-state index contributed by atoms with van der Waals surface area (Å²) in [5, 5.41) is 0. The van der Waals surface area contributed by atoms with Gasteiger partial charge in [-0.1, -0.05) is 0 Å². The monoisotopic (exact) mass is 238 g/mol. The summed E-state index contributed by atoms with van der Waals surface area (Å²) in [7, 11) is 2.90. The number of carbonyl (C=O) groups is 1. The Morgan fingerprint density at radius 3 is 2.53 bits per heavy atom. The summed E-state index contributed by atoms with van der Waals surface area (Å²) < 4.78 is 24.2. The lowest BCUT2D eigenvalue weighted by Gasteiger charge is -2.15. The number of methoxy groups -OCH3 is 2. The van der Waals surface area contributed by atoms with Gasteiger partial charge < -0.3 is 9.47 Å². The molecule has 0 heterocycles. The van der Waals surface area contributed by atoms with Gasteiger partial charge in [0.25, 0.3) is 0 Å². The number of ketones is 1. The van der Waals surface area contributed by atoms with E-state index in [0.29, 0.717) is 29.7 Å². The van der Waals surface area contributed by atoms with Crippen LogP contribution in [0.15, 0.2) is 6.07 Å². The van der Waals surface area contributed by atoms with E-state index in [1.165, 1.54) is 20.3 Å². The normalized spacial score (nSPS) is 15.1. The third-order valence-electron chi connectivity index (χ3n) is 3.08. The summed E-state index contributed by atoms with van der Waals surface area (Å²) >= 11 is 0. The van der Waals surface area contributed by atoms with Gasteiger partial charge in [0.2, 0.25) is 0 Å². The van der Waals surface area contributed by atoms with Crippen LogP contribution in [0.3, 0.4) is 0 Å². The fourth-order valence-corrected chi connectivity index (χ4v) is 2.25. The highest BCUT2D eigenvalue weighted by Crippen LogP contribution is 2.38. The predicted molar refractivity (Wildman–Crippen MR) is 61.4 cm³/mol. The molecule has 0 bridgehead atoms. The van der Waals surface area contributed by atoms with Crippen LogP contribution in [0.1, 0.15) is 35.2 Å². The number of halogens is 1. The fourth-order valence-electron chi connectivity index (χ4n) is 2.25. The summed E-state index contributed by atoms with van der Waals surface area (Å²) in [6.45, 7) is 0. The lowest BCUT2D eigenvalue weighted by atomic mass is 9.99. The van der Waals surface area contributed by atoms with Crippen molar-refractivity contribution in [3.8, 4) is 11.5 Å². The van der Waals surface area contributed by atoms with Gasteiger partial charge in [-0.3, -0.25) is 4.79 Å². The number of carbonyl (C=O) groups excluding carboxylic acids is 1. The van der Waals surface area contributed by atoms with E-state index in [0.717, 1.165) is 12.8 Å². The van der Waals surface area contributed by atoms with Crippen molar-refractivity contribution in [2.45, 2.75) is 25.7 Å². The minimum Gasteiger partial charge on any atom is -0.493 e. The Kier molecular flexibility index (Phi) is 3.31. The number of Topliss-reactive ketones (excluding diaryl/α,β-unsaturated/α-hetero) is 1. The maximum absolute atomic E-state index is 13.9. The molecule has 0 N–H and O–H groups in total. The molecular formula is C13H15FO3. The Bertz CT molecular complexity index is 454. The third kappa shape index (κ3) is 1.99. The minimum absolute atomic E-state index is 0.0628. The molecular weight excluding hydrogens is 223 g/mol. The first-order valence-electron chi connectivity index (χ1n) is 5.65. The zero-order valence-corrected chi connectivity index (χ0v) is 10.0. The van der Waals surface area contributed by atoms with Crippen molar-refractivity contribution >= 4 is 5.78 Å². The smallest absolute Gasteiger partial charge is 0.172 e. The van der Waals surface area contributed by atoms with Gasteiger partial charge in [0.05, 0.1) is 19.8 Å². The molecule has 1 aromatic rings. The standard InChI is InChI=1S/C13H15FO3/c1-16-11-7-9(14)8-5-3-4-6-10(15)12(8)13(11)17-2/h7H,3-6H2,1-2H3. The van der Waals surface area contributed by atoms with E-state index in [-0.39, 0.29) is 17.3 Å². The molecule has 0 radical (unpaired) electrons. The third-order valence-corrected chi connectivity index (χ3v) is 3.08. The van der Waals surface area contributed by atoms with E-state index < -0.39 is 0 Å². The van der Waals surface area contributed by atoms with Crippen molar-refractivity contribution in [2.75, 3.05) is 14.2 Å². The molecule has 1 aromatic carbocycles. The van der Waals surface area contributed by atoms with Crippen molar-refractivity contribution in [3.05, 3.63) is 23.0 Å². The first kappa shape index (κ1) is 11.9. The second-order valence-electron chi connectivity index (χ2n) is 4.08. The molecule has 0 amide bonds. The number of hydrogen-bond acceptors (Lipinski definition) is 3. The zero-order chi connectivity index (χ0) is 12.4. The average Bonchev–Trinajstić information content (AvgIpc) is 2.52. The van der Waals surface area contributed by atoms with Crippen molar-refractivity contribution in [1.29, 1.82) is 0 Å². The van der Waals surface area contributed by atoms with E-state index in [9.17, 15) is 9.18 Å². The maximum atomic E-state index is 13.9. The summed E-state index contributed by atoms with van der Waals surface area (Å²) in [6.07, 6.45) is 2.63. The molecule has 0 saturated carbocycles. The van der Waals surface area contributed by atoms with Crippen LogP contribution < -0.4 is 9.47 Å². The van der Waals surface area contributed by atoms with Gasteiger partial charge in [-0.25, -0.2) is 4.39 Å². The Morgan fingerprint density at radius 2 is 1.88 bits per heavy atom. The maximum Gasteiger partial charge on any atom is 0.172 e. The molecule has 3 nitrogen and oxygen atoms in total. The lowest BCUT2D eigenvalue weighted by Crippen LogP contribution is -2.07. The van der Waals surface area contributed by atoms with Crippen LogP contribution in [-0.4, -0.2) is 20.0 Å². The Morgan fingerprint density at radius 1 is 1.18 bits per heavy atom. The molecule has 4 heteroatoms. The molecule has 0 aliphatic heterocycles. The molecule has 0 aromatic heterocycles. The van der Waals surface area contributed by atoms with E-state index >= 15 is 0 Å². The lowest BCUT2D eigenvalue weighted by molar-refractivity contribution is 0.0978. The SMILES string of the molecule is COc1cc(F)c2c(c1OC)C(=O)CCCC2. The molecule has 1 aliphatic rings. The van der Waals surface area contributed by atoms with Crippen molar-refractivity contribution < 1.29 is 18.7 Å². The van der Waals surface area contributed by atoms with Gasteiger partial charge in [-0.2, -0.15) is 0 Å². The zero-order valence-electron chi connectivity index (χ0n) is 10.0. The quantitative estimate of drug-likeness (QED) is 0.743. The van der Waals surface area contributed by atoms with Crippen molar-refractivity contribution in [3.63, 3.8) is 0 Å². The van der Waals surface area contributed by atoms with Crippen LogP contribution in [0, 0.1) is 5.82 Å². The molecule has 0 fully saturated rings. The highest BCUT2D eigenvalue weighted by molar-refractivity contribution is 6.01. The number of benzene rings is 1. The summed E-state index contributed by atoms with van der Waals surface area (Å²) in [4.78, 5) is 12.0. The second-order valence-corrected chi connectivity index (χ2v) is 4.08. The van der Waals surface area contributed by atoms with Crippen LogP contribution in [0.5, 0.6) is 11.5 Å². The van der Waals surface area contributed by atoms with E-state index in [2.05, 4.69) is 0 Å². The van der Waals surface area contributed by atoms with Crippen LogP contribution in [0.4, 0.5) is 4.39 Å². The Balaban J connectivity index is 2.69. The first-order valence-corrected chi connectivity index (χ1v) is 5.65. The molecule has 0 unspecified atom stereocenters. The predicted octanol–water partition coefficient (Wildman–Crippen LogP) is 2.75. The van der Waals surface area contributed by atoms with Gasteiger partial charge in [0, 0.05) is 18.1 Å². The highest BCUT2D eigenvalue weighted by atomic mass is 19.1. The summed E-state index contributed by atoms with van der Waals surface area (Å²) in [5.74, 6) is 0.190. The number of rotatable bonds is 2. The van der Waals surface area contributed by atoms with Gasteiger partial charge in [-0.05, 0) is 19.3 Å². The molecule has 0 saturated heterocycles. The topological polar surface area (TPSA) is 35.5 Å². The van der Waals surface area contributed by atoms with Crippen LogP contribution in [0.2, 0.25) is 0 Å². The van der Waals surface area contributed by atoms with Gasteiger partial charge >= 0.3 is 0 Å². The van der Waals surface area contributed by atoms with Crippen LogP contribution >= 0.6 is 0 Å². The largest absolute Gasteiger partial charge is 0.493 e. The van der Waals surface area contributed by atoms with Gasteiger partial charge in [0.1, 0.15) is 5.82 Å². The fraction of sp³-hybridized carbons (Fsp3) is 0.462. The minimum atomic E-state index is -0.382. The highest BCUT2D eigenvalue weighted by Gasteiger charge is 2.26. The van der Waals surface area contributed by atoms with Crippen LogP contribution in [0.25, 0.3) is 0 Å². The summed E-state index contributed by atoms with van der Waals surface area (Å²) in [5.41, 5.74) is 0.826. The van der Waals surface area contributed by atoms with Crippen molar-refractivity contribution in [2.24, 2.45) is 0 Å².